The van der Waals surface area contributed by atoms with Crippen molar-refractivity contribution in [3.63, 3.8) is 0 Å². The van der Waals surface area contributed by atoms with Crippen molar-refractivity contribution in [2.75, 3.05) is 19.9 Å². The van der Waals surface area contributed by atoms with E-state index in [1.165, 1.54) is 12.1 Å². The van der Waals surface area contributed by atoms with Gasteiger partial charge in [0.15, 0.2) is 11.5 Å². The van der Waals surface area contributed by atoms with E-state index in [2.05, 4.69) is 0 Å². The number of ether oxygens (including phenoxy) is 2. The SMILES string of the molecule is Cc1ccc(CN(Cc2ccc3c(c2)OCO3)C(=O)CN(CC(C)C)S(=O)(=O)c2ccc(F)cc2)o1. The van der Waals surface area contributed by atoms with Crippen LogP contribution in [-0.4, -0.2) is 43.4 Å². The Labute approximate surface area is 210 Å². The number of rotatable bonds is 10. The van der Waals surface area contributed by atoms with Gasteiger partial charge in [0.25, 0.3) is 0 Å². The van der Waals surface area contributed by atoms with Crippen LogP contribution in [0.25, 0.3) is 0 Å². The lowest BCUT2D eigenvalue weighted by Gasteiger charge is -2.28. The summed E-state index contributed by atoms with van der Waals surface area (Å²) in [4.78, 5) is 15.1. The first kappa shape index (κ1) is 25.7. The molecule has 36 heavy (non-hydrogen) atoms. The van der Waals surface area contributed by atoms with Gasteiger partial charge in [-0.15, -0.1) is 0 Å². The quantitative estimate of drug-likeness (QED) is 0.399. The van der Waals surface area contributed by atoms with Crippen molar-refractivity contribution in [1.29, 1.82) is 0 Å². The summed E-state index contributed by atoms with van der Waals surface area (Å²) in [6, 6.07) is 13.6. The summed E-state index contributed by atoms with van der Waals surface area (Å²) in [5.41, 5.74) is 0.799. The average Bonchev–Trinajstić information content (AvgIpc) is 3.46. The topological polar surface area (TPSA) is 89.3 Å². The lowest BCUT2D eigenvalue weighted by atomic mass is 10.2. The Morgan fingerprint density at radius 2 is 1.72 bits per heavy atom. The molecule has 1 aliphatic heterocycles. The van der Waals surface area contributed by atoms with Gasteiger partial charge in [-0.2, -0.15) is 4.31 Å². The van der Waals surface area contributed by atoms with Crippen molar-refractivity contribution in [2.24, 2.45) is 5.92 Å². The highest BCUT2D eigenvalue weighted by atomic mass is 32.2. The molecule has 0 N–H and O–H groups in total. The minimum atomic E-state index is -4.03. The van der Waals surface area contributed by atoms with E-state index in [0.29, 0.717) is 23.0 Å². The van der Waals surface area contributed by atoms with Crippen LogP contribution in [0, 0.1) is 18.7 Å². The number of halogens is 1. The van der Waals surface area contributed by atoms with E-state index >= 15 is 0 Å². The number of hydrogen-bond donors (Lipinski definition) is 0. The van der Waals surface area contributed by atoms with Crippen LogP contribution in [0.4, 0.5) is 4.39 Å². The van der Waals surface area contributed by atoms with Gasteiger partial charge in [0.05, 0.1) is 18.0 Å². The molecule has 1 aliphatic rings. The largest absolute Gasteiger partial charge is 0.464 e. The Kier molecular flexibility index (Phi) is 7.65. The van der Waals surface area contributed by atoms with Crippen LogP contribution in [-0.2, 0) is 27.9 Å². The van der Waals surface area contributed by atoms with Gasteiger partial charge in [0, 0.05) is 13.1 Å². The van der Waals surface area contributed by atoms with Gasteiger partial charge < -0.3 is 18.8 Å². The molecule has 0 unspecified atom stereocenters. The number of carbonyl (C=O) groups is 1. The molecule has 3 aromatic rings. The summed E-state index contributed by atoms with van der Waals surface area (Å²) >= 11 is 0. The molecule has 0 saturated heterocycles. The summed E-state index contributed by atoms with van der Waals surface area (Å²) in [6.07, 6.45) is 0. The number of carbonyl (C=O) groups excluding carboxylic acids is 1. The Hall–Kier alpha value is -3.37. The number of hydrogen-bond acceptors (Lipinski definition) is 6. The van der Waals surface area contributed by atoms with Gasteiger partial charge in [0.1, 0.15) is 17.3 Å². The normalized spacial score (nSPS) is 12.9. The third-order valence-corrected chi connectivity index (χ3v) is 7.46. The van der Waals surface area contributed by atoms with E-state index in [-0.39, 0.29) is 43.8 Å². The van der Waals surface area contributed by atoms with Crippen molar-refractivity contribution in [1.82, 2.24) is 9.21 Å². The first-order chi connectivity index (χ1) is 17.1. The van der Waals surface area contributed by atoms with E-state index in [0.717, 1.165) is 22.0 Å². The number of nitrogens with zero attached hydrogens (tertiary/aromatic N) is 2. The Morgan fingerprint density at radius 1 is 1.00 bits per heavy atom. The number of aryl methyl sites for hydroxylation is 1. The maximum atomic E-state index is 13.6. The summed E-state index contributed by atoms with van der Waals surface area (Å²) < 4.78 is 57.8. The van der Waals surface area contributed by atoms with Crippen LogP contribution in [0.2, 0.25) is 0 Å². The Morgan fingerprint density at radius 3 is 2.39 bits per heavy atom. The molecule has 1 amide bonds. The van der Waals surface area contributed by atoms with Crippen molar-refractivity contribution >= 4 is 15.9 Å². The van der Waals surface area contributed by atoms with Crippen molar-refractivity contribution in [2.45, 2.75) is 38.8 Å². The molecule has 0 spiro atoms. The molecule has 1 aromatic heterocycles. The van der Waals surface area contributed by atoms with Crippen LogP contribution >= 0.6 is 0 Å². The Bertz CT molecular complexity index is 1320. The van der Waals surface area contributed by atoms with E-state index in [1.807, 2.05) is 32.9 Å². The predicted molar refractivity (Wildman–Crippen MR) is 130 cm³/mol. The number of sulfonamides is 1. The summed E-state index contributed by atoms with van der Waals surface area (Å²) in [5, 5.41) is 0. The van der Waals surface area contributed by atoms with Crippen molar-refractivity contribution in [3.05, 3.63) is 77.5 Å². The molecule has 2 aromatic carbocycles. The zero-order valence-electron chi connectivity index (χ0n) is 20.4. The first-order valence-electron chi connectivity index (χ1n) is 11.6. The van der Waals surface area contributed by atoms with Crippen LogP contribution in [0.1, 0.15) is 30.9 Å². The third-order valence-electron chi connectivity index (χ3n) is 5.64. The zero-order chi connectivity index (χ0) is 25.9. The minimum Gasteiger partial charge on any atom is -0.464 e. The van der Waals surface area contributed by atoms with Gasteiger partial charge in [-0.3, -0.25) is 4.79 Å². The van der Waals surface area contributed by atoms with Crippen molar-refractivity contribution < 1.29 is 31.5 Å². The number of amides is 1. The van der Waals surface area contributed by atoms with Gasteiger partial charge >= 0.3 is 0 Å². The van der Waals surface area contributed by atoms with Gasteiger partial charge in [-0.05, 0) is 66.9 Å². The third kappa shape index (κ3) is 6.06. The molecule has 10 heteroatoms. The molecule has 2 heterocycles. The van der Waals surface area contributed by atoms with Crippen LogP contribution in [0.5, 0.6) is 11.5 Å². The summed E-state index contributed by atoms with van der Waals surface area (Å²) in [5.74, 6) is 1.54. The molecule has 8 nitrogen and oxygen atoms in total. The molecular weight excluding hydrogens is 487 g/mol. The summed E-state index contributed by atoms with van der Waals surface area (Å²) in [6.45, 7) is 5.81. The van der Waals surface area contributed by atoms with Crippen LogP contribution in [0.3, 0.4) is 0 Å². The molecule has 0 radical (unpaired) electrons. The van der Waals surface area contributed by atoms with Gasteiger partial charge in [-0.25, -0.2) is 12.8 Å². The fourth-order valence-corrected chi connectivity index (χ4v) is 5.46. The predicted octanol–water partition coefficient (Wildman–Crippen LogP) is 4.33. The second-order valence-corrected chi connectivity index (χ2v) is 11.0. The molecule has 4 rings (SSSR count). The Balaban J connectivity index is 1.60. The smallest absolute Gasteiger partial charge is 0.243 e. The highest BCUT2D eigenvalue weighted by molar-refractivity contribution is 7.89. The van der Waals surface area contributed by atoms with E-state index < -0.39 is 21.7 Å². The maximum absolute atomic E-state index is 13.6. The molecule has 0 fully saturated rings. The second-order valence-electron chi connectivity index (χ2n) is 9.10. The van der Waals surface area contributed by atoms with E-state index in [1.54, 1.807) is 23.1 Å². The molecule has 0 bridgehead atoms. The number of furan rings is 1. The fraction of sp³-hybridized carbons (Fsp3) is 0.346. The van der Waals surface area contributed by atoms with E-state index in [4.69, 9.17) is 13.9 Å². The van der Waals surface area contributed by atoms with Crippen LogP contribution in [0.15, 0.2) is 63.9 Å². The van der Waals surface area contributed by atoms with E-state index in [9.17, 15) is 17.6 Å². The monoisotopic (exact) mass is 516 g/mol. The average molecular weight is 517 g/mol. The van der Waals surface area contributed by atoms with Crippen LogP contribution < -0.4 is 9.47 Å². The minimum absolute atomic E-state index is 0.0388. The zero-order valence-corrected chi connectivity index (χ0v) is 21.3. The molecule has 192 valence electrons. The summed E-state index contributed by atoms with van der Waals surface area (Å²) in [7, 11) is -4.03. The van der Waals surface area contributed by atoms with Gasteiger partial charge in [-0.1, -0.05) is 19.9 Å². The number of fused-ring (bicyclic) bond motifs is 1. The standard InChI is InChI=1S/C26H29FN2O6S/c1-18(2)13-29(36(31,32)23-9-6-21(27)7-10-23)16-26(30)28(15-22-8-4-19(3)35-22)14-20-5-11-24-25(12-20)34-17-33-24/h4-12,18H,13-17H2,1-3H3. The first-order valence-corrected chi connectivity index (χ1v) is 13.0. The molecular formula is C26H29FN2O6S. The molecule has 0 saturated carbocycles. The number of benzene rings is 2. The maximum Gasteiger partial charge on any atom is 0.243 e. The second kappa shape index (κ2) is 10.7. The lowest BCUT2D eigenvalue weighted by Crippen LogP contribution is -2.43. The fourth-order valence-electron chi connectivity index (χ4n) is 3.91. The molecule has 0 atom stereocenters. The lowest BCUT2D eigenvalue weighted by molar-refractivity contribution is -0.133. The van der Waals surface area contributed by atoms with Gasteiger partial charge in [0.2, 0.25) is 22.7 Å². The molecule has 0 aliphatic carbocycles. The highest BCUT2D eigenvalue weighted by Gasteiger charge is 2.30. The highest BCUT2D eigenvalue weighted by Crippen LogP contribution is 2.33. The van der Waals surface area contributed by atoms with Crippen molar-refractivity contribution in [3.8, 4) is 11.5 Å².